The smallest absolute Gasteiger partial charge is 0.275 e. The minimum absolute atomic E-state index is 0.140. The van der Waals surface area contributed by atoms with E-state index in [9.17, 15) is 20.0 Å². The Balaban J connectivity index is 2.45. The van der Waals surface area contributed by atoms with Gasteiger partial charge in [0, 0.05) is 22.5 Å². The van der Waals surface area contributed by atoms with Gasteiger partial charge >= 0.3 is 0 Å². The van der Waals surface area contributed by atoms with Crippen molar-refractivity contribution in [3.05, 3.63) is 50.0 Å². The Morgan fingerprint density at radius 2 is 2.16 bits per heavy atom. The standard InChI is InChI=1S/C13H12BrNO4/c14-8-5-6-11(15(18)19)10(7-8)13(17)9-3-1-2-4-12(9)16/h3,5-7,13,17H,1-2,4H2. The van der Waals surface area contributed by atoms with Crippen molar-refractivity contribution in [3.63, 3.8) is 0 Å². The highest BCUT2D eigenvalue weighted by Crippen LogP contribution is 2.34. The van der Waals surface area contributed by atoms with Gasteiger partial charge in [0.15, 0.2) is 5.78 Å². The topological polar surface area (TPSA) is 80.4 Å². The number of benzene rings is 1. The molecule has 1 aliphatic carbocycles. The van der Waals surface area contributed by atoms with Crippen molar-refractivity contribution < 1.29 is 14.8 Å². The van der Waals surface area contributed by atoms with E-state index in [-0.39, 0.29) is 22.6 Å². The summed E-state index contributed by atoms with van der Waals surface area (Å²) in [4.78, 5) is 22.2. The summed E-state index contributed by atoms with van der Waals surface area (Å²) < 4.78 is 0.621. The van der Waals surface area contributed by atoms with Crippen LogP contribution in [0.2, 0.25) is 0 Å². The zero-order valence-corrected chi connectivity index (χ0v) is 11.6. The van der Waals surface area contributed by atoms with Crippen LogP contribution in [0.25, 0.3) is 0 Å². The Hall–Kier alpha value is -1.53. The molecule has 2 rings (SSSR count). The maximum absolute atomic E-state index is 11.8. The fourth-order valence-corrected chi connectivity index (χ4v) is 2.50. The van der Waals surface area contributed by atoms with E-state index in [1.807, 2.05) is 0 Å². The van der Waals surface area contributed by atoms with Gasteiger partial charge in [0.1, 0.15) is 6.10 Å². The minimum Gasteiger partial charge on any atom is -0.383 e. The van der Waals surface area contributed by atoms with Gasteiger partial charge in [-0.2, -0.15) is 0 Å². The Morgan fingerprint density at radius 1 is 1.42 bits per heavy atom. The van der Waals surface area contributed by atoms with Crippen LogP contribution in [0.4, 0.5) is 5.69 Å². The lowest BCUT2D eigenvalue weighted by Crippen LogP contribution is -2.15. The number of nitro groups is 1. The van der Waals surface area contributed by atoms with E-state index in [0.717, 1.165) is 6.42 Å². The monoisotopic (exact) mass is 325 g/mol. The summed E-state index contributed by atoms with van der Waals surface area (Å²) in [6.45, 7) is 0. The largest absolute Gasteiger partial charge is 0.383 e. The summed E-state index contributed by atoms with van der Waals surface area (Å²) in [5, 5.41) is 21.2. The first-order valence-corrected chi connectivity index (χ1v) is 6.65. The van der Waals surface area contributed by atoms with Crippen molar-refractivity contribution in [2.45, 2.75) is 25.4 Å². The highest BCUT2D eigenvalue weighted by atomic mass is 79.9. The van der Waals surface area contributed by atoms with Gasteiger partial charge in [0.25, 0.3) is 5.69 Å². The lowest BCUT2D eigenvalue weighted by molar-refractivity contribution is -0.386. The van der Waals surface area contributed by atoms with E-state index < -0.39 is 11.0 Å². The van der Waals surface area contributed by atoms with Crippen molar-refractivity contribution in [2.24, 2.45) is 0 Å². The minimum atomic E-state index is -1.24. The quantitative estimate of drug-likeness (QED) is 0.684. The molecule has 1 atom stereocenters. The number of hydrogen-bond donors (Lipinski definition) is 1. The summed E-state index contributed by atoms with van der Waals surface area (Å²) in [6.07, 6.45) is 2.27. The molecule has 0 saturated carbocycles. The van der Waals surface area contributed by atoms with Gasteiger partial charge in [-0.1, -0.05) is 22.0 Å². The van der Waals surface area contributed by atoms with E-state index in [0.29, 0.717) is 17.3 Å². The van der Waals surface area contributed by atoms with Crippen LogP contribution < -0.4 is 0 Å². The molecule has 0 aromatic heterocycles. The first-order chi connectivity index (χ1) is 9.00. The van der Waals surface area contributed by atoms with Crippen molar-refractivity contribution in [3.8, 4) is 0 Å². The second-order valence-electron chi connectivity index (χ2n) is 4.34. The van der Waals surface area contributed by atoms with Gasteiger partial charge in [0.2, 0.25) is 0 Å². The fraction of sp³-hybridized carbons (Fsp3) is 0.308. The maximum atomic E-state index is 11.8. The highest BCUT2D eigenvalue weighted by Gasteiger charge is 2.28. The SMILES string of the molecule is O=C1CCCC=C1C(O)c1cc(Br)ccc1[N+](=O)[O-]. The molecule has 0 spiro atoms. The molecular weight excluding hydrogens is 314 g/mol. The molecule has 1 aliphatic rings. The molecule has 0 bridgehead atoms. The summed E-state index contributed by atoms with van der Waals surface area (Å²) in [5.41, 5.74) is 0.211. The Labute approximate surface area is 118 Å². The molecule has 0 fully saturated rings. The molecule has 1 aromatic carbocycles. The molecule has 5 nitrogen and oxygen atoms in total. The van der Waals surface area contributed by atoms with Gasteiger partial charge in [-0.15, -0.1) is 0 Å². The number of halogens is 1. The first kappa shape index (κ1) is 13.9. The average Bonchev–Trinajstić information content (AvgIpc) is 2.38. The summed E-state index contributed by atoms with van der Waals surface area (Å²) in [6, 6.07) is 4.33. The number of nitro benzene ring substituents is 1. The molecule has 100 valence electrons. The predicted molar refractivity (Wildman–Crippen MR) is 72.7 cm³/mol. The van der Waals surface area contributed by atoms with Crippen molar-refractivity contribution in [1.82, 2.24) is 0 Å². The van der Waals surface area contributed by atoms with E-state index in [1.54, 1.807) is 6.08 Å². The summed E-state index contributed by atoms with van der Waals surface area (Å²) in [7, 11) is 0. The number of carbonyl (C=O) groups is 1. The number of nitrogens with zero attached hydrogens (tertiary/aromatic N) is 1. The third kappa shape index (κ3) is 2.90. The maximum Gasteiger partial charge on any atom is 0.275 e. The lowest BCUT2D eigenvalue weighted by Gasteiger charge is -2.18. The summed E-state index contributed by atoms with van der Waals surface area (Å²) >= 11 is 3.21. The molecule has 0 heterocycles. The van der Waals surface area contributed by atoms with Crippen LogP contribution in [0.5, 0.6) is 0 Å². The molecule has 0 radical (unpaired) electrons. The Morgan fingerprint density at radius 3 is 2.79 bits per heavy atom. The lowest BCUT2D eigenvalue weighted by atomic mass is 9.90. The van der Waals surface area contributed by atoms with Crippen LogP contribution in [-0.2, 0) is 4.79 Å². The van der Waals surface area contributed by atoms with Crippen molar-refractivity contribution in [1.29, 1.82) is 0 Å². The number of rotatable bonds is 3. The zero-order chi connectivity index (χ0) is 14.0. The number of ketones is 1. The van der Waals surface area contributed by atoms with Crippen LogP contribution >= 0.6 is 15.9 Å². The number of carbonyl (C=O) groups excluding carboxylic acids is 1. The Kier molecular flexibility index (Phi) is 4.11. The van der Waals surface area contributed by atoms with Gasteiger partial charge in [-0.25, -0.2) is 0 Å². The van der Waals surface area contributed by atoms with E-state index in [4.69, 9.17) is 0 Å². The van der Waals surface area contributed by atoms with E-state index in [1.165, 1.54) is 18.2 Å². The molecule has 1 N–H and O–H groups in total. The zero-order valence-electron chi connectivity index (χ0n) is 10.0. The average molecular weight is 326 g/mol. The molecule has 19 heavy (non-hydrogen) atoms. The number of Topliss-reactive ketones (excluding diaryl/α,β-unsaturated/α-hetero) is 1. The molecule has 6 heteroatoms. The molecule has 1 unspecified atom stereocenters. The molecule has 0 aliphatic heterocycles. The number of aliphatic hydroxyl groups excluding tert-OH is 1. The third-order valence-electron chi connectivity index (χ3n) is 3.07. The van der Waals surface area contributed by atoms with Crippen molar-refractivity contribution >= 4 is 27.4 Å². The molecule has 0 amide bonds. The molecule has 0 saturated heterocycles. The number of allylic oxidation sites excluding steroid dienone is 1. The molecule has 1 aromatic rings. The van der Waals surface area contributed by atoms with Crippen LogP contribution in [0.15, 0.2) is 34.3 Å². The van der Waals surface area contributed by atoms with Crippen molar-refractivity contribution in [2.75, 3.05) is 0 Å². The Bertz CT molecular complexity index is 568. The van der Waals surface area contributed by atoms with Crippen LogP contribution in [-0.4, -0.2) is 15.8 Å². The molecular formula is C13H12BrNO4. The van der Waals surface area contributed by atoms with E-state index in [2.05, 4.69) is 15.9 Å². The number of aliphatic hydroxyl groups is 1. The van der Waals surface area contributed by atoms with Crippen LogP contribution in [0.3, 0.4) is 0 Å². The van der Waals surface area contributed by atoms with Gasteiger partial charge < -0.3 is 5.11 Å². The first-order valence-electron chi connectivity index (χ1n) is 5.86. The third-order valence-corrected chi connectivity index (χ3v) is 3.56. The second kappa shape index (κ2) is 5.63. The van der Waals surface area contributed by atoms with Crippen LogP contribution in [0, 0.1) is 10.1 Å². The van der Waals surface area contributed by atoms with Gasteiger partial charge in [-0.05, 0) is 25.0 Å². The summed E-state index contributed by atoms with van der Waals surface area (Å²) in [5.74, 6) is -0.145. The fourth-order valence-electron chi connectivity index (χ4n) is 2.12. The normalized spacial score (nSPS) is 16.9. The van der Waals surface area contributed by atoms with Gasteiger partial charge in [0.05, 0.1) is 10.5 Å². The van der Waals surface area contributed by atoms with E-state index >= 15 is 0 Å². The van der Waals surface area contributed by atoms with Gasteiger partial charge in [-0.3, -0.25) is 14.9 Å². The van der Waals surface area contributed by atoms with Crippen LogP contribution in [0.1, 0.15) is 30.9 Å². The second-order valence-corrected chi connectivity index (χ2v) is 5.25. The number of hydrogen-bond acceptors (Lipinski definition) is 4. The predicted octanol–water partition coefficient (Wildman–Crippen LogP) is 3.07. The highest BCUT2D eigenvalue weighted by molar-refractivity contribution is 9.10.